The lowest BCUT2D eigenvalue weighted by Gasteiger charge is -2.22. The van der Waals surface area contributed by atoms with Crippen molar-refractivity contribution in [2.75, 3.05) is 6.54 Å². The summed E-state index contributed by atoms with van der Waals surface area (Å²) in [5, 5.41) is 3.29. The highest BCUT2D eigenvalue weighted by Crippen LogP contribution is 2.33. The summed E-state index contributed by atoms with van der Waals surface area (Å²) in [6, 6.07) is -0.0504. The molecular formula is C15H24N2O2. The maximum Gasteiger partial charge on any atom is 0.247 e. The summed E-state index contributed by atoms with van der Waals surface area (Å²) < 4.78 is 0. The van der Waals surface area contributed by atoms with Crippen LogP contribution in [0.2, 0.25) is 0 Å². The van der Waals surface area contributed by atoms with Gasteiger partial charge in [0.15, 0.2) is 0 Å². The van der Waals surface area contributed by atoms with Crippen LogP contribution in [0.25, 0.3) is 0 Å². The molecule has 0 aromatic carbocycles. The molecule has 1 N–H and O–H groups in total. The van der Waals surface area contributed by atoms with E-state index in [2.05, 4.69) is 5.32 Å². The van der Waals surface area contributed by atoms with Gasteiger partial charge in [0.25, 0.3) is 0 Å². The number of hydrogen-bond acceptors (Lipinski definition) is 3. The fraction of sp³-hybridized carbons (Fsp3) is 0.867. The van der Waals surface area contributed by atoms with Crippen LogP contribution >= 0.6 is 0 Å². The zero-order valence-electron chi connectivity index (χ0n) is 11.6. The molecule has 0 radical (unpaired) electrons. The van der Waals surface area contributed by atoms with E-state index in [1.807, 2.05) is 0 Å². The van der Waals surface area contributed by atoms with Gasteiger partial charge in [-0.05, 0) is 38.1 Å². The van der Waals surface area contributed by atoms with Crippen molar-refractivity contribution in [3.8, 4) is 0 Å². The molecule has 0 aromatic rings. The first-order chi connectivity index (χ1) is 9.25. The Kier molecular flexibility index (Phi) is 3.87. The molecule has 0 spiro atoms. The summed E-state index contributed by atoms with van der Waals surface area (Å²) >= 11 is 0. The van der Waals surface area contributed by atoms with Crippen LogP contribution in [0.1, 0.15) is 57.8 Å². The van der Waals surface area contributed by atoms with Crippen LogP contribution in [0, 0.1) is 5.92 Å². The Morgan fingerprint density at radius 1 is 1.11 bits per heavy atom. The lowest BCUT2D eigenvalue weighted by Crippen LogP contribution is -2.43. The molecule has 2 aliphatic carbocycles. The fourth-order valence-electron chi connectivity index (χ4n) is 3.43. The van der Waals surface area contributed by atoms with Gasteiger partial charge in [-0.3, -0.25) is 14.5 Å². The first kappa shape index (κ1) is 13.1. The minimum Gasteiger partial charge on any atom is -0.305 e. The lowest BCUT2D eigenvalue weighted by molar-refractivity contribution is -0.141. The van der Waals surface area contributed by atoms with Crippen LogP contribution in [0.15, 0.2) is 0 Å². The molecule has 106 valence electrons. The molecular weight excluding hydrogens is 240 g/mol. The van der Waals surface area contributed by atoms with Crippen molar-refractivity contribution in [3.05, 3.63) is 0 Å². The monoisotopic (exact) mass is 264 g/mol. The van der Waals surface area contributed by atoms with E-state index < -0.39 is 0 Å². The highest BCUT2D eigenvalue weighted by atomic mass is 16.2. The summed E-state index contributed by atoms with van der Waals surface area (Å²) in [6.07, 6.45) is 9.87. The summed E-state index contributed by atoms with van der Waals surface area (Å²) in [6.45, 7) is 0.874. The van der Waals surface area contributed by atoms with Crippen LogP contribution in [0.5, 0.6) is 0 Å². The number of rotatable bonds is 6. The second kappa shape index (κ2) is 5.61. The lowest BCUT2D eigenvalue weighted by atomic mass is 10.2. The normalized spacial score (nSPS) is 28.6. The summed E-state index contributed by atoms with van der Waals surface area (Å²) in [7, 11) is 0. The van der Waals surface area contributed by atoms with E-state index in [1.54, 1.807) is 4.90 Å². The van der Waals surface area contributed by atoms with Gasteiger partial charge in [0.05, 0.1) is 12.5 Å². The second-order valence-electron chi connectivity index (χ2n) is 6.34. The van der Waals surface area contributed by atoms with Gasteiger partial charge in [0, 0.05) is 6.04 Å². The average molecular weight is 264 g/mol. The average Bonchev–Trinajstić information content (AvgIpc) is 2.98. The SMILES string of the molecule is O=C1CC(NCCCC2CC2)C(=O)N1C1CCCC1. The van der Waals surface area contributed by atoms with Crippen molar-refractivity contribution >= 4 is 11.8 Å². The van der Waals surface area contributed by atoms with Gasteiger partial charge in [0.1, 0.15) is 0 Å². The van der Waals surface area contributed by atoms with Crippen LogP contribution in [0.4, 0.5) is 0 Å². The van der Waals surface area contributed by atoms with Crippen molar-refractivity contribution in [1.29, 1.82) is 0 Å². The molecule has 4 nitrogen and oxygen atoms in total. The van der Waals surface area contributed by atoms with Gasteiger partial charge in [-0.25, -0.2) is 0 Å². The quantitative estimate of drug-likeness (QED) is 0.588. The number of hydrogen-bond donors (Lipinski definition) is 1. The van der Waals surface area contributed by atoms with Gasteiger partial charge in [-0.15, -0.1) is 0 Å². The zero-order valence-corrected chi connectivity index (χ0v) is 11.6. The van der Waals surface area contributed by atoms with E-state index in [0.29, 0.717) is 6.42 Å². The highest BCUT2D eigenvalue weighted by molar-refractivity contribution is 6.05. The number of nitrogens with zero attached hydrogens (tertiary/aromatic N) is 1. The Labute approximate surface area is 114 Å². The third-order valence-corrected chi connectivity index (χ3v) is 4.75. The second-order valence-corrected chi connectivity index (χ2v) is 6.34. The summed E-state index contributed by atoms with van der Waals surface area (Å²) in [5.74, 6) is 1.01. The first-order valence-electron chi connectivity index (χ1n) is 7.85. The number of likely N-dealkylation sites (tertiary alicyclic amines) is 1. The predicted octanol–water partition coefficient (Wildman–Crippen LogP) is 1.84. The van der Waals surface area contributed by atoms with Gasteiger partial charge in [-0.1, -0.05) is 25.7 Å². The predicted molar refractivity (Wildman–Crippen MR) is 72.5 cm³/mol. The molecule has 1 unspecified atom stereocenters. The van der Waals surface area contributed by atoms with Crippen molar-refractivity contribution in [1.82, 2.24) is 10.2 Å². The van der Waals surface area contributed by atoms with E-state index in [1.165, 1.54) is 19.3 Å². The Morgan fingerprint density at radius 3 is 2.53 bits per heavy atom. The Bertz CT molecular complexity index is 359. The van der Waals surface area contributed by atoms with E-state index in [9.17, 15) is 9.59 Å². The number of nitrogens with one attached hydrogen (secondary N) is 1. The minimum atomic E-state index is -0.243. The number of carbonyl (C=O) groups excluding carboxylic acids is 2. The maximum absolute atomic E-state index is 12.3. The molecule has 3 fully saturated rings. The molecule has 2 saturated carbocycles. The molecule has 1 atom stereocenters. The standard InChI is InChI=1S/C15H24N2O2/c18-14-10-13(16-9-3-4-11-7-8-11)15(19)17(14)12-5-1-2-6-12/h11-13,16H,1-10H2. The van der Waals surface area contributed by atoms with E-state index in [0.717, 1.165) is 44.6 Å². The largest absolute Gasteiger partial charge is 0.305 e. The smallest absolute Gasteiger partial charge is 0.247 e. The summed E-state index contributed by atoms with van der Waals surface area (Å²) in [4.78, 5) is 25.8. The van der Waals surface area contributed by atoms with E-state index in [-0.39, 0.29) is 23.9 Å². The third-order valence-electron chi connectivity index (χ3n) is 4.75. The Balaban J connectivity index is 1.46. The molecule has 1 saturated heterocycles. The first-order valence-corrected chi connectivity index (χ1v) is 7.85. The Hall–Kier alpha value is -0.900. The third kappa shape index (κ3) is 2.99. The molecule has 3 rings (SSSR count). The van der Waals surface area contributed by atoms with Crippen molar-refractivity contribution in [3.63, 3.8) is 0 Å². The maximum atomic E-state index is 12.3. The molecule has 4 heteroatoms. The van der Waals surface area contributed by atoms with Crippen molar-refractivity contribution < 1.29 is 9.59 Å². The minimum absolute atomic E-state index is 0.0309. The molecule has 0 bridgehead atoms. The van der Waals surface area contributed by atoms with Gasteiger partial charge >= 0.3 is 0 Å². The molecule has 1 aliphatic heterocycles. The van der Waals surface area contributed by atoms with Crippen LogP contribution in [-0.2, 0) is 9.59 Å². The van der Waals surface area contributed by atoms with E-state index >= 15 is 0 Å². The number of carbonyl (C=O) groups is 2. The summed E-state index contributed by atoms with van der Waals surface area (Å²) in [5.41, 5.74) is 0. The highest BCUT2D eigenvalue weighted by Gasteiger charge is 2.42. The number of imide groups is 1. The Morgan fingerprint density at radius 2 is 1.84 bits per heavy atom. The van der Waals surface area contributed by atoms with E-state index in [4.69, 9.17) is 0 Å². The molecule has 19 heavy (non-hydrogen) atoms. The van der Waals surface area contributed by atoms with Gasteiger partial charge in [0.2, 0.25) is 11.8 Å². The molecule has 1 heterocycles. The van der Waals surface area contributed by atoms with Gasteiger partial charge in [-0.2, -0.15) is 0 Å². The van der Waals surface area contributed by atoms with Gasteiger partial charge < -0.3 is 5.32 Å². The fourth-order valence-corrected chi connectivity index (χ4v) is 3.43. The number of amides is 2. The molecule has 2 amide bonds. The molecule has 0 aromatic heterocycles. The van der Waals surface area contributed by atoms with Crippen LogP contribution in [-0.4, -0.2) is 35.3 Å². The zero-order chi connectivity index (χ0) is 13.2. The topological polar surface area (TPSA) is 49.4 Å². The van der Waals surface area contributed by atoms with Crippen molar-refractivity contribution in [2.45, 2.75) is 69.9 Å². The van der Waals surface area contributed by atoms with Crippen molar-refractivity contribution in [2.24, 2.45) is 5.92 Å². The van der Waals surface area contributed by atoms with Crippen LogP contribution < -0.4 is 5.32 Å². The molecule has 3 aliphatic rings. The van der Waals surface area contributed by atoms with Crippen LogP contribution in [0.3, 0.4) is 0 Å².